The van der Waals surface area contributed by atoms with Gasteiger partial charge in [-0.3, -0.25) is 9.59 Å². The summed E-state index contributed by atoms with van der Waals surface area (Å²) in [6.07, 6.45) is 1.35. The minimum atomic E-state index is -0.765. The molecule has 0 unspecified atom stereocenters. The van der Waals surface area contributed by atoms with Gasteiger partial charge in [0.15, 0.2) is 11.6 Å². The predicted molar refractivity (Wildman–Crippen MR) is 128 cm³/mol. The Morgan fingerprint density at radius 1 is 1.26 bits per heavy atom. The maximum absolute atomic E-state index is 14.9. The van der Waals surface area contributed by atoms with Crippen molar-refractivity contribution >= 4 is 29.1 Å². The zero-order valence-electron chi connectivity index (χ0n) is 19.1. The molecular weight excluding hydrogens is 475 g/mol. The molecule has 2 aromatic carbocycles. The number of benzene rings is 2. The van der Waals surface area contributed by atoms with Crippen LogP contribution in [0.15, 0.2) is 36.5 Å². The molecule has 0 aliphatic carbocycles. The van der Waals surface area contributed by atoms with E-state index in [1.807, 2.05) is 0 Å². The minimum absolute atomic E-state index is 0.0193. The first-order valence-corrected chi connectivity index (χ1v) is 11.1. The Morgan fingerprint density at radius 2 is 2.00 bits per heavy atom. The largest absolute Gasteiger partial charge is 0.495 e. The molecule has 0 bridgehead atoms. The molecule has 0 radical (unpaired) electrons. The van der Waals surface area contributed by atoms with Crippen molar-refractivity contribution in [3.05, 3.63) is 64.3 Å². The fourth-order valence-corrected chi connectivity index (χ4v) is 4.15. The average molecular weight is 497 g/mol. The summed E-state index contributed by atoms with van der Waals surface area (Å²) in [5.74, 6) is -1.35. The summed E-state index contributed by atoms with van der Waals surface area (Å²) in [5.41, 5.74) is 0.914. The van der Waals surface area contributed by atoms with Gasteiger partial charge in [0, 0.05) is 44.5 Å². The van der Waals surface area contributed by atoms with E-state index in [1.54, 1.807) is 30.1 Å². The number of halogens is 2. The van der Waals surface area contributed by atoms with Crippen LogP contribution < -0.4 is 15.4 Å². The third kappa shape index (κ3) is 4.69. The van der Waals surface area contributed by atoms with Crippen molar-refractivity contribution < 1.29 is 18.7 Å². The number of imidazole rings is 1. The molecule has 4 rings (SSSR count). The molecule has 1 fully saturated rings. The normalized spacial score (nSPS) is 13.3. The number of nitriles is 1. The molecule has 1 aliphatic heterocycles. The molecule has 0 spiro atoms. The van der Waals surface area contributed by atoms with Crippen molar-refractivity contribution in [2.24, 2.45) is 7.05 Å². The highest BCUT2D eigenvalue weighted by atomic mass is 35.5. The number of aromatic nitrogens is 2. The van der Waals surface area contributed by atoms with E-state index < -0.39 is 11.7 Å². The molecule has 3 aromatic rings. The number of nitrogens with one attached hydrogen (secondary N) is 2. The predicted octanol–water partition coefficient (Wildman–Crippen LogP) is 3.06. The van der Waals surface area contributed by atoms with E-state index in [0.717, 1.165) is 13.1 Å². The van der Waals surface area contributed by atoms with Crippen LogP contribution in [0.3, 0.4) is 0 Å². The number of rotatable bonds is 5. The molecule has 1 aliphatic rings. The lowest BCUT2D eigenvalue weighted by Gasteiger charge is -2.27. The van der Waals surface area contributed by atoms with E-state index in [0.29, 0.717) is 30.0 Å². The van der Waals surface area contributed by atoms with Crippen LogP contribution in [0, 0.1) is 17.1 Å². The lowest BCUT2D eigenvalue weighted by molar-refractivity contribution is 0.0736. The number of carbonyl (C=O) groups is 2. The maximum Gasteiger partial charge on any atom is 0.291 e. The van der Waals surface area contributed by atoms with Crippen LogP contribution >= 0.6 is 11.6 Å². The summed E-state index contributed by atoms with van der Waals surface area (Å²) in [4.78, 5) is 31.5. The van der Waals surface area contributed by atoms with Crippen LogP contribution in [-0.2, 0) is 7.05 Å². The van der Waals surface area contributed by atoms with Gasteiger partial charge in [-0.1, -0.05) is 11.6 Å². The van der Waals surface area contributed by atoms with E-state index in [9.17, 15) is 19.2 Å². The molecular formula is C24H22ClFN6O3. The van der Waals surface area contributed by atoms with Crippen molar-refractivity contribution in [1.29, 1.82) is 5.26 Å². The summed E-state index contributed by atoms with van der Waals surface area (Å²) in [7, 11) is 2.91. The van der Waals surface area contributed by atoms with Gasteiger partial charge in [-0.25, -0.2) is 9.37 Å². The maximum atomic E-state index is 14.9. The van der Waals surface area contributed by atoms with Gasteiger partial charge in [-0.15, -0.1) is 0 Å². The number of ether oxygens (including phenoxy) is 1. The third-order valence-electron chi connectivity index (χ3n) is 5.76. The molecule has 11 heteroatoms. The number of anilines is 1. The van der Waals surface area contributed by atoms with Gasteiger partial charge in [0.1, 0.15) is 17.4 Å². The second kappa shape index (κ2) is 10.1. The molecule has 180 valence electrons. The SMILES string of the molecule is COc1ccc(-c2cnc(C(=O)Nc3ccc(C(=O)N4CCNCC4)c(Cl)c3)n2C)c(F)c1C#N. The number of carbonyl (C=O) groups excluding carboxylic acids is 2. The first kappa shape index (κ1) is 24.2. The summed E-state index contributed by atoms with van der Waals surface area (Å²) in [6.45, 7) is 2.64. The van der Waals surface area contributed by atoms with E-state index in [2.05, 4.69) is 15.6 Å². The zero-order valence-corrected chi connectivity index (χ0v) is 19.8. The van der Waals surface area contributed by atoms with E-state index in [4.69, 9.17) is 16.3 Å². The van der Waals surface area contributed by atoms with E-state index in [-0.39, 0.29) is 33.6 Å². The Kier molecular flexibility index (Phi) is 7.00. The number of amides is 2. The molecule has 9 nitrogen and oxygen atoms in total. The van der Waals surface area contributed by atoms with E-state index in [1.165, 1.54) is 36.1 Å². The lowest BCUT2D eigenvalue weighted by Crippen LogP contribution is -2.46. The highest BCUT2D eigenvalue weighted by molar-refractivity contribution is 6.34. The number of piperazine rings is 1. The number of nitrogens with zero attached hydrogens (tertiary/aromatic N) is 4. The number of hydrogen-bond donors (Lipinski definition) is 2. The first-order chi connectivity index (χ1) is 16.8. The molecule has 0 saturated carbocycles. The van der Waals surface area contributed by atoms with Gasteiger partial charge in [-0.05, 0) is 30.3 Å². The molecule has 0 atom stereocenters. The fourth-order valence-electron chi connectivity index (χ4n) is 3.89. The van der Waals surface area contributed by atoms with Crippen molar-refractivity contribution in [3.8, 4) is 23.1 Å². The van der Waals surface area contributed by atoms with Crippen LogP contribution in [0.1, 0.15) is 26.5 Å². The molecule has 2 amide bonds. The van der Waals surface area contributed by atoms with Crippen LogP contribution in [0.5, 0.6) is 5.75 Å². The Labute approximate surface area is 206 Å². The molecule has 35 heavy (non-hydrogen) atoms. The van der Waals surface area contributed by atoms with Crippen molar-refractivity contribution in [1.82, 2.24) is 19.8 Å². The standard InChI is InChI=1S/C24H22ClFN6O3/c1-31-19(16-5-6-20(35-2)17(12-27)21(16)26)13-29-22(31)23(33)30-14-3-4-15(18(25)11-14)24(34)32-9-7-28-8-10-32/h3-6,11,13,28H,7-10H2,1-2H3,(H,30,33). The van der Waals surface area contributed by atoms with Gasteiger partial charge in [0.25, 0.3) is 11.8 Å². The second-order valence-corrected chi connectivity index (χ2v) is 8.24. The van der Waals surface area contributed by atoms with Crippen molar-refractivity contribution in [2.75, 3.05) is 38.6 Å². The Morgan fingerprint density at radius 3 is 2.66 bits per heavy atom. The summed E-state index contributed by atoms with van der Waals surface area (Å²) >= 11 is 6.35. The van der Waals surface area contributed by atoms with Crippen LogP contribution in [0.25, 0.3) is 11.3 Å². The molecule has 1 aromatic heterocycles. The Bertz CT molecular complexity index is 1340. The molecule has 2 heterocycles. The van der Waals surface area contributed by atoms with Gasteiger partial charge < -0.3 is 24.8 Å². The summed E-state index contributed by atoms with van der Waals surface area (Å²) < 4.78 is 21.4. The molecule has 2 N–H and O–H groups in total. The van der Waals surface area contributed by atoms with Gasteiger partial charge in [0.2, 0.25) is 0 Å². The number of hydrogen-bond acceptors (Lipinski definition) is 6. The first-order valence-electron chi connectivity index (χ1n) is 10.7. The highest BCUT2D eigenvalue weighted by Crippen LogP contribution is 2.31. The topological polar surface area (TPSA) is 112 Å². The average Bonchev–Trinajstić information content (AvgIpc) is 3.25. The van der Waals surface area contributed by atoms with Gasteiger partial charge >= 0.3 is 0 Å². The Hall–Kier alpha value is -3.94. The lowest BCUT2D eigenvalue weighted by atomic mass is 10.1. The van der Waals surface area contributed by atoms with Crippen LogP contribution in [-0.4, -0.2) is 59.6 Å². The van der Waals surface area contributed by atoms with E-state index >= 15 is 0 Å². The highest BCUT2D eigenvalue weighted by Gasteiger charge is 2.23. The Balaban J connectivity index is 1.54. The van der Waals surface area contributed by atoms with Crippen molar-refractivity contribution in [3.63, 3.8) is 0 Å². The van der Waals surface area contributed by atoms with Crippen LogP contribution in [0.4, 0.5) is 10.1 Å². The number of methoxy groups -OCH3 is 1. The second-order valence-electron chi connectivity index (χ2n) is 7.83. The molecule has 1 saturated heterocycles. The quantitative estimate of drug-likeness (QED) is 0.561. The van der Waals surface area contributed by atoms with Crippen molar-refractivity contribution in [2.45, 2.75) is 0 Å². The minimum Gasteiger partial charge on any atom is -0.495 e. The fraction of sp³-hybridized carbons (Fsp3) is 0.250. The smallest absolute Gasteiger partial charge is 0.291 e. The third-order valence-corrected chi connectivity index (χ3v) is 6.08. The van der Waals surface area contributed by atoms with Gasteiger partial charge in [-0.2, -0.15) is 5.26 Å². The summed E-state index contributed by atoms with van der Waals surface area (Å²) in [5, 5.41) is 15.4. The zero-order chi connectivity index (χ0) is 25.1. The summed E-state index contributed by atoms with van der Waals surface area (Å²) in [6, 6.07) is 9.40. The monoisotopic (exact) mass is 496 g/mol. The van der Waals surface area contributed by atoms with Crippen LogP contribution in [0.2, 0.25) is 5.02 Å². The van der Waals surface area contributed by atoms with Gasteiger partial charge in [0.05, 0.1) is 29.6 Å².